The molecule has 3 rings (SSSR count). The molecule has 0 saturated heterocycles. The van der Waals surface area contributed by atoms with Gasteiger partial charge in [-0.25, -0.2) is 4.39 Å². The van der Waals surface area contributed by atoms with Gasteiger partial charge in [0.2, 0.25) is 11.8 Å². The predicted molar refractivity (Wildman–Crippen MR) is 89.7 cm³/mol. The van der Waals surface area contributed by atoms with Gasteiger partial charge in [0.05, 0.1) is 12.1 Å². The van der Waals surface area contributed by atoms with Gasteiger partial charge < -0.3 is 14.3 Å². The van der Waals surface area contributed by atoms with Crippen LogP contribution in [0.25, 0.3) is 0 Å². The third kappa shape index (κ3) is 4.80. The molecule has 25 heavy (non-hydrogen) atoms. The fourth-order valence-electron chi connectivity index (χ4n) is 3.03. The van der Waals surface area contributed by atoms with Crippen molar-refractivity contribution in [2.75, 3.05) is 27.2 Å². The molecule has 0 radical (unpaired) electrons. The maximum absolute atomic E-state index is 12.8. The summed E-state index contributed by atoms with van der Waals surface area (Å²) in [5.41, 5.74) is 0.661. The molecule has 0 spiro atoms. The minimum absolute atomic E-state index is 0.0170. The average Bonchev–Trinajstić information content (AvgIpc) is 3.30. The first kappa shape index (κ1) is 17.9. The number of carbonyl (C=O) groups is 2. The van der Waals surface area contributed by atoms with Crippen LogP contribution in [0.3, 0.4) is 0 Å². The van der Waals surface area contributed by atoms with Gasteiger partial charge in [-0.3, -0.25) is 9.59 Å². The molecule has 2 aliphatic rings. The van der Waals surface area contributed by atoms with Crippen molar-refractivity contribution in [3.63, 3.8) is 0 Å². The number of alkyl halides is 1. The van der Waals surface area contributed by atoms with Crippen LogP contribution >= 0.6 is 0 Å². The van der Waals surface area contributed by atoms with Crippen molar-refractivity contribution < 1.29 is 18.5 Å². The summed E-state index contributed by atoms with van der Waals surface area (Å²) in [5, 5.41) is 3.96. The standard InChI is InChI=1S/C18H26FN3O3/c1-21(17(23)9-12-7-14(19)8-12)5-6-22(2)18(24)11-15-10-16(25-20-15)13-3-4-13/h10,12-14H,3-9,11H2,1-2H3. The first-order valence-electron chi connectivity index (χ1n) is 9.00. The number of halogens is 1. The van der Waals surface area contributed by atoms with Crippen LogP contribution in [0.2, 0.25) is 0 Å². The molecule has 0 N–H and O–H groups in total. The number of likely N-dealkylation sites (N-methyl/N-ethyl adjacent to an activating group) is 2. The lowest BCUT2D eigenvalue weighted by atomic mass is 9.81. The molecule has 0 bridgehead atoms. The Balaban J connectivity index is 1.37. The molecule has 6 nitrogen and oxygen atoms in total. The van der Waals surface area contributed by atoms with Crippen LogP contribution in [0, 0.1) is 5.92 Å². The molecular formula is C18H26FN3O3. The first-order chi connectivity index (χ1) is 11.9. The number of amides is 2. The van der Waals surface area contributed by atoms with Gasteiger partial charge in [-0.15, -0.1) is 0 Å². The van der Waals surface area contributed by atoms with Crippen molar-refractivity contribution in [3.8, 4) is 0 Å². The van der Waals surface area contributed by atoms with E-state index in [2.05, 4.69) is 5.16 Å². The van der Waals surface area contributed by atoms with E-state index in [0.717, 1.165) is 18.6 Å². The summed E-state index contributed by atoms with van der Waals surface area (Å²) in [6.45, 7) is 0.934. The van der Waals surface area contributed by atoms with E-state index >= 15 is 0 Å². The van der Waals surface area contributed by atoms with Gasteiger partial charge in [0.1, 0.15) is 11.9 Å². The van der Waals surface area contributed by atoms with Gasteiger partial charge in [-0.1, -0.05) is 5.16 Å². The third-order valence-electron chi connectivity index (χ3n) is 5.15. The van der Waals surface area contributed by atoms with Crippen molar-refractivity contribution in [2.45, 2.75) is 50.6 Å². The summed E-state index contributed by atoms with van der Waals surface area (Å²) in [6.07, 6.45) is 3.15. The number of carbonyl (C=O) groups excluding carboxylic acids is 2. The van der Waals surface area contributed by atoms with Crippen LogP contribution in [-0.2, 0) is 16.0 Å². The molecule has 0 unspecified atom stereocenters. The minimum Gasteiger partial charge on any atom is -0.361 e. The van der Waals surface area contributed by atoms with Crippen molar-refractivity contribution in [1.82, 2.24) is 15.0 Å². The topological polar surface area (TPSA) is 66.7 Å². The maximum Gasteiger partial charge on any atom is 0.228 e. The Labute approximate surface area is 147 Å². The number of aromatic nitrogens is 1. The third-order valence-corrected chi connectivity index (χ3v) is 5.15. The summed E-state index contributed by atoms with van der Waals surface area (Å²) in [7, 11) is 3.45. The van der Waals surface area contributed by atoms with Crippen LogP contribution in [0.1, 0.15) is 49.5 Å². The summed E-state index contributed by atoms with van der Waals surface area (Å²) in [4.78, 5) is 27.6. The van der Waals surface area contributed by atoms with Crippen molar-refractivity contribution >= 4 is 11.8 Å². The normalized spacial score (nSPS) is 22.4. The lowest BCUT2D eigenvalue weighted by molar-refractivity contribution is -0.134. The molecular weight excluding hydrogens is 325 g/mol. The highest BCUT2D eigenvalue weighted by Gasteiger charge is 2.31. The molecule has 0 aliphatic heterocycles. The Morgan fingerprint density at radius 3 is 2.44 bits per heavy atom. The molecule has 138 valence electrons. The SMILES string of the molecule is CN(CCN(C)C(=O)CC1CC(F)C1)C(=O)Cc1cc(C2CC2)on1. The second-order valence-electron chi connectivity index (χ2n) is 7.44. The number of nitrogens with zero attached hydrogens (tertiary/aromatic N) is 3. The van der Waals surface area contributed by atoms with E-state index in [1.165, 1.54) is 0 Å². The molecule has 7 heteroatoms. The molecule has 1 aromatic heterocycles. The van der Waals surface area contributed by atoms with Crippen molar-refractivity contribution in [1.29, 1.82) is 0 Å². The fraction of sp³-hybridized carbons (Fsp3) is 0.722. The highest BCUT2D eigenvalue weighted by Crippen LogP contribution is 2.40. The first-order valence-corrected chi connectivity index (χ1v) is 9.00. The molecule has 1 heterocycles. The van der Waals surface area contributed by atoms with E-state index in [4.69, 9.17) is 4.52 Å². The molecule has 0 atom stereocenters. The van der Waals surface area contributed by atoms with Gasteiger partial charge >= 0.3 is 0 Å². The number of rotatable bonds is 8. The summed E-state index contributed by atoms with van der Waals surface area (Å²) in [6, 6.07) is 1.87. The molecule has 2 saturated carbocycles. The average molecular weight is 351 g/mol. The zero-order valence-electron chi connectivity index (χ0n) is 14.9. The molecule has 2 aliphatic carbocycles. The summed E-state index contributed by atoms with van der Waals surface area (Å²) < 4.78 is 18.1. The number of hydrogen-bond acceptors (Lipinski definition) is 4. The highest BCUT2D eigenvalue weighted by atomic mass is 19.1. The minimum atomic E-state index is -0.733. The number of hydrogen-bond donors (Lipinski definition) is 0. The largest absolute Gasteiger partial charge is 0.361 e. The van der Waals surface area contributed by atoms with E-state index in [1.807, 2.05) is 6.07 Å². The van der Waals surface area contributed by atoms with Crippen LogP contribution < -0.4 is 0 Å². The van der Waals surface area contributed by atoms with Crippen LogP contribution in [-0.4, -0.2) is 60.1 Å². The quantitative estimate of drug-likeness (QED) is 0.720. The smallest absolute Gasteiger partial charge is 0.228 e. The second-order valence-corrected chi connectivity index (χ2v) is 7.44. The van der Waals surface area contributed by atoms with E-state index in [-0.39, 0.29) is 24.2 Å². The molecule has 0 aromatic carbocycles. The molecule has 2 fully saturated rings. The van der Waals surface area contributed by atoms with E-state index in [1.54, 1.807) is 23.9 Å². The van der Waals surface area contributed by atoms with Gasteiger partial charge in [0.15, 0.2) is 0 Å². The van der Waals surface area contributed by atoms with Crippen molar-refractivity contribution in [2.24, 2.45) is 5.92 Å². The predicted octanol–water partition coefficient (Wildman–Crippen LogP) is 2.15. The second kappa shape index (κ2) is 7.54. The van der Waals surface area contributed by atoms with E-state index in [0.29, 0.717) is 44.0 Å². The monoisotopic (exact) mass is 351 g/mol. The zero-order chi connectivity index (χ0) is 18.0. The molecule has 2 amide bonds. The Morgan fingerprint density at radius 2 is 1.84 bits per heavy atom. The highest BCUT2D eigenvalue weighted by molar-refractivity contribution is 5.78. The van der Waals surface area contributed by atoms with Crippen LogP contribution in [0.5, 0.6) is 0 Å². The van der Waals surface area contributed by atoms with Gasteiger partial charge in [-0.2, -0.15) is 0 Å². The lowest BCUT2D eigenvalue weighted by Crippen LogP contribution is -2.39. The van der Waals surface area contributed by atoms with Crippen LogP contribution in [0.15, 0.2) is 10.6 Å². The zero-order valence-corrected chi connectivity index (χ0v) is 14.9. The van der Waals surface area contributed by atoms with E-state index < -0.39 is 6.17 Å². The fourth-order valence-corrected chi connectivity index (χ4v) is 3.03. The summed E-state index contributed by atoms with van der Waals surface area (Å²) >= 11 is 0. The Morgan fingerprint density at radius 1 is 1.20 bits per heavy atom. The molecule has 1 aromatic rings. The Kier molecular flexibility index (Phi) is 5.39. The van der Waals surface area contributed by atoms with Gasteiger partial charge in [0, 0.05) is 45.6 Å². The Bertz CT molecular complexity index is 623. The van der Waals surface area contributed by atoms with Gasteiger partial charge in [0.25, 0.3) is 0 Å². The Hall–Kier alpha value is -1.92. The van der Waals surface area contributed by atoms with Crippen LogP contribution in [0.4, 0.5) is 4.39 Å². The maximum atomic E-state index is 12.8. The van der Waals surface area contributed by atoms with E-state index in [9.17, 15) is 14.0 Å². The van der Waals surface area contributed by atoms with Crippen molar-refractivity contribution in [3.05, 3.63) is 17.5 Å². The van der Waals surface area contributed by atoms with Gasteiger partial charge in [-0.05, 0) is 31.6 Å². The lowest BCUT2D eigenvalue weighted by Gasteiger charge is -2.31. The summed E-state index contributed by atoms with van der Waals surface area (Å²) in [5.74, 6) is 1.51.